The van der Waals surface area contributed by atoms with Gasteiger partial charge >= 0.3 is 0 Å². The minimum absolute atomic E-state index is 0.138. The molecule has 0 radical (unpaired) electrons. The highest BCUT2D eigenvalue weighted by atomic mass is 35.5. The summed E-state index contributed by atoms with van der Waals surface area (Å²) >= 11 is 17.2. The summed E-state index contributed by atoms with van der Waals surface area (Å²) in [7, 11) is 0. The van der Waals surface area contributed by atoms with Crippen LogP contribution in [0.2, 0.25) is 10.0 Å². The smallest absolute Gasteiger partial charge is 0.275 e. The molecule has 3 aromatic carbocycles. The molecule has 0 atom stereocenters. The van der Waals surface area contributed by atoms with Crippen LogP contribution >= 0.6 is 35.4 Å². The topological polar surface area (TPSA) is 76.4 Å². The van der Waals surface area contributed by atoms with Crippen molar-refractivity contribution in [2.24, 2.45) is 0 Å². The monoisotopic (exact) mass is 447 g/mol. The van der Waals surface area contributed by atoms with Gasteiger partial charge in [-0.05, 0) is 61.1 Å². The van der Waals surface area contributed by atoms with E-state index in [-0.39, 0.29) is 16.5 Å². The molecule has 29 heavy (non-hydrogen) atoms. The maximum atomic E-state index is 11.3. The summed E-state index contributed by atoms with van der Waals surface area (Å²) in [5.41, 5.74) is 1.95. The van der Waals surface area contributed by atoms with Crippen LogP contribution in [0.15, 0.2) is 60.7 Å². The van der Waals surface area contributed by atoms with E-state index in [0.29, 0.717) is 21.5 Å². The predicted molar refractivity (Wildman–Crippen MR) is 121 cm³/mol. The highest BCUT2D eigenvalue weighted by Crippen LogP contribution is 2.30. The lowest BCUT2D eigenvalue weighted by atomic mass is 10.2. The predicted octanol–water partition coefficient (Wildman–Crippen LogP) is 6.81. The zero-order valence-electron chi connectivity index (χ0n) is 15.1. The summed E-state index contributed by atoms with van der Waals surface area (Å²) in [6.45, 7) is 1.91. The van der Waals surface area contributed by atoms with E-state index in [1.165, 1.54) is 12.1 Å². The Bertz CT molecular complexity index is 1080. The van der Waals surface area contributed by atoms with Gasteiger partial charge in [-0.3, -0.25) is 10.1 Å². The number of nitro benzene ring substituents is 1. The Morgan fingerprint density at radius 1 is 0.966 bits per heavy atom. The molecular weight excluding hydrogens is 433 g/mol. The maximum Gasteiger partial charge on any atom is 0.275 e. The van der Waals surface area contributed by atoms with Crippen LogP contribution in [0.4, 0.5) is 17.1 Å². The second kappa shape index (κ2) is 9.09. The minimum atomic E-state index is -0.502. The van der Waals surface area contributed by atoms with Crippen LogP contribution in [0.3, 0.4) is 0 Å². The fraction of sp³-hybridized carbons (Fsp3) is 0.0500. The zero-order valence-corrected chi connectivity index (χ0v) is 17.4. The number of nitrogens with one attached hydrogen (secondary N) is 2. The Labute approximate surface area is 182 Å². The second-order valence-electron chi connectivity index (χ2n) is 6.07. The molecule has 0 heterocycles. The number of anilines is 2. The Kier molecular flexibility index (Phi) is 6.53. The van der Waals surface area contributed by atoms with E-state index in [9.17, 15) is 10.1 Å². The number of hydrogen-bond donors (Lipinski definition) is 2. The van der Waals surface area contributed by atoms with Gasteiger partial charge in [-0.25, -0.2) is 0 Å². The standard InChI is InChI=1S/C20H15Cl2N3O3S/c1-12-2-3-14(22)8-19(12)24-20(29)23-15-9-16(25(26)27)11-18(10-15)28-17-6-4-13(21)5-7-17/h2-11H,1H3,(H2,23,24,29). The van der Waals surface area contributed by atoms with Gasteiger partial charge in [0.2, 0.25) is 0 Å². The van der Waals surface area contributed by atoms with Crippen LogP contribution in [0.25, 0.3) is 0 Å². The highest BCUT2D eigenvalue weighted by molar-refractivity contribution is 7.80. The molecule has 0 spiro atoms. The molecule has 0 aromatic heterocycles. The molecule has 0 saturated carbocycles. The van der Waals surface area contributed by atoms with E-state index >= 15 is 0 Å². The first-order valence-corrected chi connectivity index (χ1v) is 9.53. The molecule has 2 N–H and O–H groups in total. The van der Waals surface area contributed by atoms with Crippen molar-refractivity contribution in [1.82, 2.24) is 0 Å². The molecule has 0 saturated heterocycles. The van der Waals surface area contributed by atoms with E-state index in [4.69, 9.17) is 40.2 Å². The van der Waals surface area contributed by atoms with Gasteiger partial charge in [0.1, 0.15) is 11.5 Å². The van der Waals surface area contributed by atoms with Crippen molar-refractivity contribution in [1.29, 1.82) is 0 Å². The largest absolute Gasteiger partial charge is 0.457 e. The van der Waals surface area contributed by atoms with Crippen LogP contribution in [0, 0.1) is 17.0 Å². The van der Waals surface area contributed by atoms with Gasteiger partial charge in [0, 0.05) is 27.9 Å². The third-order valence-electron chi connectivity index (χ3n) is 3.86. The number of nitro groups is 1. The molecule has 6 nitrogen and oxygen atoms in total. The lowest BCUT2D eigenvalue weighted by Gasteiger charge is -2.14. The SMILES string of the molecule is Cc1ccc(Cl)cc1NC(=S)Nc1cc(Oc2ccc(Cl)cc2)cc([N+](=O)[O-])c1. The van der Waals surface area contributed by atoms with Gasteiger partial charge in [-0.15, -0.1) is 0 Å². The van der Waals surface area contributed by atoms with E-state index < -0.39 is 4.92 Å². The fourth-order valence-corrected chi connectivity index (χ4v) is 3.00. The summed E-state index contributed by atoms with van der Waals surface area (Å²) in [5.74, 6) is 0.780. The molecule has 148 valence electrons. The van der Waals surface area contributed by atoms with Crippen LogP contribution in [-0.4, -0.2) is 10.0 Å². The van der Waals surface area contributed by atoms with Gasteiger partial charge in [0.05, 0.1) is 16.7 Å². The molecule has 3 aromatic rings. The molecule has 0 aliphatic rings. The zero-order chi connectivity index (χ0) is 21.0. The first-order chi connectivity index (χ1) is 13.8. The van der Waals surface area contributed by atoms with Crippen molar-refractivity contribution in [3.8, 4) is 11.5 Å². The van der Waals surface area contributed by atoms with Crippen molar-refractivity contribution in [2.75, 3.05) is 10.6 Å². The Balaban J connectivity index is 1.81. The molecule has 0 amide bonds. The first-order valence-electron chi connectivity index (χ1n) is 8.37. The van der Waals surface area contributed by atoms with Crippen LogP contribution < -0.4 is 15.4 Å². The molecule has 0 aliphatic carbocycles. The third kappa shape index (κ3) is 5.80. The normalized spacial score (nSPS) is 10.3. The first kappa shape index (κ1) is 20.9. The molecule has 0 fully saturated rings. The second-order valence-corrected chi connectivity index (χ2v) is 7.35. The Morgan fingerprint density at radius 2 is 1.66 bits per heavy atom. The summed E-state index contributed by atoms with van der Waals surface area (Å²) < 4.78 is 5.72. The number of thiocarbonyl (C=S) groups is 1. The van der Waals surface area contributed by atoms with Gasteiger partial charge in [0.15, 0.2) is 5.11 Å². The third-order valence-corrected chi connectivity index (χ3v) is 4.55. The number of aryl methyl sites for hydroxylation is 1. The number of ether oxygens (including phenoxy) is 1. The molecule has 3 rings (SSSR count). The average Bonchev–Trinajstić information content (AvgIpc) is 2.66. The molecular formula is C20H15Cl2N3O3S. The maximum absolute atomic E-state index is 11.3. The number of halogens is 2. The summed E-state index contributed by atoms with van der Waals surface area (Å²) in [6, 6.07) is 16.4. The number of nitrogens with zero attached hydrogens (tertiary/aromatic N) is 1. The number of rotatable bonds is 5. The van der Waals surface area contributed by atoms with Crippen molar-refractivity contribution >= 4 is 57.6 Å². The fourth-order valence-electron chi connectivity index (χ4n) is 2.47. The summed E-state index contributed by atoms with van der Waals surface area (Å²) in [4.78, 5) is 10.8. The molecule has 0 unspecified atom stereocenters. The van der Waals surface area contributed by atoms with E-state index in [1.54, 1.807) is 42.5 Å². The quantitative estimate of drug-likeness (QED) is 0.254. The van der Waals surface area contributed by atoms with E-state index in [1.807, 2.05) is 13.0 Å². The Morgan fingerprint density at radius 3 is 2.34 bits per heavy atom. The average molecular weight is 448 g/mol. The number of non-ortho nitro benzene ring substituents is 1. The van der Waals surface area contributed by atoms with Gasteiger partial charge < -0.3 is 15.4 Å². The number of hydrogen-bond acceptors (Lipinski definition) is 4. The van der Waals surface area contributed by atoms with Crippen LogP contribution in [0.5, 0.6) is 11.5 Å². The minimum Gasteiger partial charge on any atom is -0.457 e. The van der Waals surface area contributed by atoms with Gasteiger partial charge in [-0.2, -0.15) is 0 Å². The van der Waals surface area contributed by atoms with Gasteiger partial charge in [-0.1, -0.05) is 29.3 Å². The van der Waals surface area contributed by atoms with Crippen LogP contribution in [0.1, 0.15) is 5.56 Å². The van der Waals surface area contributed by atoms with Crippen molar-refractivity contribution in [2.45, 2.75) is 6.92 Å². The number of benzene rings is 3. The van der Waals surface area contributed by atoms with Crippen LogP contribution in [-0.2, 0) is 0 Å². The summed E-state index contributed by atoms with van der Waals surface area (Å²) in [6.07, 6.45) is 0. The van der Waals surface area contributed by atoms with Gasteiger partial charge in [0.25, 0.3) is 5.69 Å². The Hall–Kier alpha value is -2.87. The van der Waals surface area contributed by atoms with Crippen molar-refractivity contribution in [3.63, 3.8) is 0 Å². The lowest BCUT2D eigenvalue weighted by Crippen LogP contribution is -2.19. The van der Waals surface area contributed by atoms with Crippen molar-refractivity contribution in [3.05, 3.63) is 86.4 Å². The molecule has 9 heteroatoms. The molecule has 0 bridgehead atoms. The summed E-state index contributed by atoms with van der Waals surface area (Å²) in [5, 5.41) is 18.7. The highest BCUT2D eigenvalue weighted by Gasteiger charge is 2.13. The van der Waals surface area contributed by atoms with Crippen molar-refractivity contribution < 1.29 is 9.66 Å². The lowest BCUT2D eigenvalue weighted by molar-refractivity contribution is -0.384. The van der Waals surface area contributed by atoms with E-state index in [2.05, 4.69) is 10.6 Å². The molecule has 0 aliphatic heterocycles. The van der Waals surface area contributed by atoms with E-state index in [0.717, 1.165) is 11.3 Å².